The first-order chi connectivity index (χ1) is 12.1. The number of aromatic nitrogens is 2. The van der Waals surface area contributed by atoms with Crippen molar-refractivity contribution in [1.29, 1.82) is 0 Å². The van der Waals surface area contributed by atoms with Gasteiger partial charge < -0.3 is 14.4 Å². The highest BCUT2D eigenvalue weighted by atomic mass is 35.5. The third-order valence-electron chi connectivity index (χ3n) is 4.33. The van der Waals surface area contributed by atoms with Gasteiger partial charge in [-0.05, 0) is 62.1 Å². The molecule has 0 saturated heterocycles. The predicted octanol–water partition coefficient (Wildman–Crippen LogP) is 4.66. The molecule has 0 saturated carbocycles. The fourth-order valence-electron chi connectivity index (χ4n) is 3.05. The maximum Gasteiger partial charge on any atom is 0.135 e. The molecule has 0 radical (unpaired) electrons. The highest BCUT2D eigenvalue weighted by Gasteiger charge is 2.09. The van der Waals surface area contributed by atoms with Crippen LogP contribution < -0.4 is 4.74 Å². The summed E-state index contributed by atoms with van der Waals surface area (Å²) in [5, 5.41) is 10.3. The van der Waals surface area contributed by atoms with E-state index in [0.29, 0.717) is 12.4 Å². The van der Waals surface area contributed by atoms with E-state index in [2.05, 4.69) is 9.55 Å². The zero-order valence-electron chi connectivity index (χ0n) is 14.6. The van der Waals surface area contributed by atoms with Crippen molar-refractivity contribution in [2.45, 2.75) is 39.8 Å². The van der Waals surface area contributed by atoms with Crippen LogP contribution in [0.15, 0.2) is 36.4 Å². The number of para-hydroxylation sites is 2. The topological polar surface area (TPSA) is 47.3 Å². The molecule has 5 heteroatoms. The van der Waals surface area contributed by atoms with E-state index in [0.717, 1.165) is 52.3 Å². The van der Waals surface area contributed by atoms with Crippen LogP contribution >= 0.6 is 11.6 Å². The Morgan fingerprint density at radius 1 is 1.12 bits per heavy atom. The van der Waals surface area contributed by atoms with E-state index in [1.807, 2.05) is 50.2 Å². The third-order valence-corrected chi connectivity index (χ3v) is 4.93. The number of halogens is 1. The van der Waals surface area contributed by atoms with E-state index in [9.17, 15) is 5.11 Å². The van der Waals surface area contributed by atoms with Crippen molar-refractivity contribution in [2.24, 2.45) is 0 Å². The second-order valence-corrected chi connectivity index (χ2v) is 6.63. The minimum atomic E-state index is -0.0471. The van der Waals surface area contributed by atoms with Crippen molar-refractivity contribution < 1.29 is 9.84 Å². The van der Waals surface area contributed by atoms with Gasteiger partial charge in [0.25, 0.3) is 0 Å². The summed E-state index contributed by atoms with van der Waals surface area (Å²) >= 11 is 6.18. The molecule has 0 aliphatic carbocycles. The smallest absolute Gasteiger partial charge is 0.135 e. The molecule has 1 N–H and O–H groups in total. The summed E-state index contributed by atoms with van der Waals surface area (Å²) < 4.78 is 7.94. The largest absolute Gasteiger partial charge is 0.494 e. The van der Waals surface area contributed by atoms with E-state index in [1.54, 1.807) is 0 Å². The quantitative estimate of drug-likeness (QED) is 0.625. The lowest BCUT2D eigenvalue weighted by Crippen LogP contribution is -2.06. The minimum Gasteiger partial charge on any atom is -0.494 e. The molecule has 0 bridgehead atoms. The monoisotopic (exact) mass is 358 g/mol. The van der Waals surface area contributed by atoms with Crippen LogP contribution in [0.5, 0.6) is 5.75 Å². The molecule has 132 valence electrons. The van der Waals surface area contributed by atoms with Gasteiger partial charge in [0, 0.05) is 11.6 Å². The van der Waals surface area contributed by atoms with E-state index in [1.165, 1.54) is 0 Å². The fraction of sp³-hybridized carbons (Fsp3) is 0.350. The number of benzene rings is 2. The number of unbranched alkanes of at least 4 members (excludes halogenated alkanes) is 1. The van der Waals surface area contributed by atoms with Gasteiger partial charge in [0.2, 0.25) is 0 Å². The van der Waals surface area contributed by atoms with Gasteiger partial charge in [-0.3, -0.25) is 0 Å². The van der Waals surface area contributed by atoms with E-state index in [-0.39, 0.29) is 6.61 Å². The van der Waals surface area contributed by atoms with Crippen LogP contribution in [0, 0.1) is 13.8 Å². The SMILES string of the molecule is Cc1cc(OCCCCn2c(CO)nc3ccccc32)cc(C)c1Cl. The first-order valence-electron chi connectivity index (χ1n) is 8.54. The number of hydrogen-bond donors (Lipinski definition) is 1. The summed E-state index contributed by atoms with van der Waals surface area (Å²) in [6.07, 6.45) is 1.89. The summed E-state index contributed by atoms with van der Waals surface area (Å²) in [7, 11) is 0. The highest BCUT2D eigenvalue weighted by molar-refractivity contribution is 6.32. The number of rotatable bonds is 7. The van der Waals surface area contributed by atoms with Crippen LogP contribution in [-0.2, 0) is 13.2 Å². The van der Waals surface area contributed by atoms with Crippen LogP contribution in [0.2, 0.25) is 5.02 Å². The normalized spacial score (nSPS) is 11.2. The summed E-state index contributed by atoms with van der Waals surface area (Å²) in [5.74, 6) is 1.58. The third kappa shape index (κ3) is 3.97. The van der Waals surface area contributed by atoms with Crippen molar-refractivity contribution >= 4 is 22.6 Å². The molecule has 3 aromatic rings. The molecule has 0 unspecified atom stereocenters. The number of nitrogens with zero attached hydrogens (tertiary/aromatic N) is 2. The Morgan fingerprint density at radius 3 is 2.56 bits per heavy atom. The number of aliphatic hydroxyl groups is 1. The van der Waals surface area contributed by atoms with Gasteiger partial charge in [-0.25, -0.2) is 4.98 Å². The Bertz CT molecular complexity index is 850. The van der Waals surface area contributed by atoms with Gasteiger partial charge in [0.05, 0.1) is 17.6 Å². The standard InChI is InChI=1S/C20H23ClN2O2/c1-14-11-16(12-15(2)20(14)21)25-10-6-5-9-23-18-8-4-3-7-17(18)22-19(23)13-24/h3-4,7-8,11-12,24H,5-6,9-10,13H2,1-2H3. The molecule has 25 heavy (non-hydrogen) atoms. The molecule has 0 amide bonds. The van der Waals surface area contributed by atoms with Crippen LogP contribution in [0.1, 0.15) is 29.8 Å². The maximum absolute atomic E-state index is 9.53. The average molecular weight is 359 g/mol. The minimum absolute atomic E-state index is 0.0471. The van der Waals surface area contributed by atoms with Gasteiger partial charge in [-0.15, -0.1) is 0 Å². The Hall–Kier alpha value is -2.04. The molecule has 0 fully saturated rings. The zero-order valence-corrected chi connectivity index (χ0v) is 15.4. The van der Waals surface area contributed by atoms with Crippen molar-refractivity contribution in [2.75, 3.05) is 6.61 Å². The lowest BCUT2D eigenvalue weighted by molar-refractivity contribution is 0.263. The Labute approximate surface area is 153 Å². The Kier molecular flexibility index (Phi) is 5.61. The molecule has 0 aliphatic rings. The first-order valence-corrected chi connectivity index (χ1v) is 8.92. The molecule has 2 aromatic carbocycles. The Balaban J connectivity index is 1.56. The van der Waals surface area contributed by atoms with Crippen LogP contribution in [0.4, 0.5) is 0 Å². The van der Waals surface area contributed by atoms with Gasteiger partial charge >= 0.3 is 0 Å². The number of ether oxygens (including phenoxy) is 1. The molecular formula is C20H23ClN2O2. The van der Waals surface area contributed by atoms with Crippen molar-refractivity contribution in [3.05, 3.63) is 58.4 Å². The van der Waals surface area contributed by atoms with Gasteiger partial charge in [0.1, 0.15) is 18.2 Å². The summed E-state index contributed by atoms with van der Waals surface area (Å²) in [6, 6.07) is 11.9. The van der Waals surface area contributed by atoms with Crippen molar-refractivity contribution in [3.63, 3.8) is 0 Å². The number of fused-ring (bicyclic) bond motifs is 1. The van der Waals surface area contributed by atoms with Crippen LogP contribution in [0.25, 0.3) is 11.0 Å². The summed E-state index contributed by atoms with van der Waals surface area (Å²) in [4.78, 5) is 4.47. The van der Waals surface area contributed by atoms with E-state index in [4.69, 9.17) is 16.3 Å². The number of aryl methyl sites for hydroxylation is 3. The van der Waals surface area contributed by atoms with Crippen molar-refractivity contribution in [1.82, 2.24) is 9.55 Å². The van der Waals surface area contributed by atoms with Crippen molar-refractivity contribution in [3.8, 4) is 5.75 Å². The molecule has 1 heterocycles. The zero-order chi connectivity index (χ0) is 17.8. The number of aliphatic hydroxyl groups excluding tert-OH is 1. The lowest BCUT2D eigenvalue weighted by Gasteiger charge is -2.11. The first kappa shape index (κ1) is 17.8. The molecular weight excluding hydrogens is 336 g/mol. The number of hydrogen-bond acceptors (Lipinski definition) is 3. The molecule has 0 aliphatic heterocycles. The molecule has 0 atom stereocenters. The molecule has 0 spiro atoms. The fourth-order valence-corrected chi connectivity index (χ4v) is 3.16. The van der Waals surface area contributed by atoms with Gasteiger partial charge in [-0.2, -0.15) is 0 Å². The molecule has 4 nitrogen and oxygen atoms in total. The summed E-state index contributed by atoms with van der Waals surface area (Å²) in [6.45, 7) is 5.40. The highest BCUT2D eigenvalue weighted by Crippen LogP contribution is 2.26. The molecule has 3 rings (SSSR count). The lowest BCUT2D eigenvalue weighted by atomic mass is 10.1. The Morgan fingerprint density at radius 2 is 1.84 bits per heavy atom. The summed E-state index contributed by atoms with van der Waals surface area (Å²) in [5.41, 5.74) is 4.06. The predicted molar refractivity (Wildman–Crippen MR) is 101 cm³/mol. The average Bonchev–Trinajstić information content (AvgIpc) is 2.97. The van der Waals surface area contributed by atoms with Crippen LogP contribution in [-0.4, -0.2) is 21.3 Å². The van der Waals surface area contributed by atoms with E-state index >= 15 is 0 Å². The number of imidazole rings is 1. The van der Waals surface area contributed by atoms with Gasteiger partial charge in [-0.1, -0.05) is 23.7 Å². The van der Waals surface area contributed by atoms with Gasteiger partial charge in [0.15, 0.2) is 0 Å². The van der Waals surface area contributed by atoms with Crippen LogP contribution in [0.3, 0.4) is 0 Å². The second-order valence-electron chi connectivity index (χ2n) is 6.25. The maximum atomic E-state index is 9.53. The second kappa shape index (κ2) is 7.89. The van der Waals surface area contributed by atoms with E-state index < -0.39 is 0 Å². The molecule has 1 aromatic heterocycles.